The fourth-order valence-electron chi connectivity index (χ4n) is 0.607. The van der Waals surface area contributed by atoms with E-state index < -0.39 is 0 Å². The third-order valence-corrected chi connectivity index (χ3v) is 1.11. The molecule has 1 N–H and O–H groups in total. The van der Waals surface area contributed by atoms with Crippen molar-refractivity contribution in [2.45, 2.75) is 0 Å². The quantitative estimate of drug-likeness (QED) is 0.362. The molecule has 11 heavy (non-hydrogen) atoms. The second-order valence-electron chi connectivity index (χ2n) is 1.83. The highest BCUT2D eigenvalue weighted by atomic mass is 16.4. The minimum atomic E-state index is 0.486. The molecule has 0 spiro atoms. The number of hydrogen-bond donors (Lipinski definition) is 1. The fourth-order valence-corrected chi connectivity index (χ4v) is 0.607. The molecule has 0 amide bonds. The molecule has 0 aromatic carbocycles. The molecule has 0 aliphatic heterocycles. The lowest BCUT2D eigenvalue weighted by atomic mass is 10.3. The molecule has 1 aromatic rings. The number of rotatable bonds is 1. The van der Waals surface area contributed by atoms with Gasteiger partial charge in [-0.1, -0.05) is 5.16 Å². The van der Waals surface area contributed by atoms with Gasteiger partial charge in [-0.05, 0) is 12.1 Å². The van der Waals surface area contributed by atoms with Crippen molar-refractivity contribution in [2.24, 2.45) is 5.16 Å². The van der Waals surface area contributed by atoms with Gasteiger partial charge in [0.1, 0.15) is 6.07 Å². The zero-order valence-corrected chi connectivity index (χ0v) is 5.60. The monoisotopic (exact) mass is 147 g/mol. The summed E-state index contributed by atoms with van der Waals surface area (Å²) in [7, 11) is 0. The van der Waals surface area contributed by atoms with Crippen LogP contribution in [0.3, 0.4) is 0 Å². The Morgan fingerprint density at radius 2 is 2.45 bits per heavy atom. The van der Waals surface area contributed by atoms with Crippen LogP contribution < -0.4 is 0 Å². The molecule has 0 unspecified atom stereocenters. The van der Waals surface area contributed by atoms with Crippen LogP contribution >= 0.6 is 0 Å². The van der Waals surface area contributed by atoms with E-state index in [-0.39, 0.29) is 0 Å². The molecule has 0 atom stereocenters. The molecule has 0 bridgehead atoms. The predicted octanol–water partition coefficient (Wildman–Crippen LogP) is 0.761. The van der Waals surface area contributed by atoms with E-state index in [1.54, 1.807) is 12.1 Å². The van der Waals surface area contributed by atoms with Crippen LogP contribution in [0.25, 0.3) is 0 Å². The Hall–Kier alpha value is -1.89. The summed E-state index contributed by atoms with van der Waals surface area (Å²) in [6.07, 6.45) is 2.61. The highest BCUT2D eigenvalue weighted by Crippen LogP contribution is 1.95. The van der Waals surface area contributed by atoms with Crippen molar-refractivity contribution in [1.29, 1.82) is 5.26 Å². The molecule has 0 saturated heterocycles. The maximum Gasteiger partial charge on any atom is 0.101 e. The van der Waals surface area contributed by atoms with Crippen LogP contribution in [-0.4, -0.2) is 16.4 Å². The van der Waals surface area contributed by atoms with Crippen molar-refractivity contribution in [3.05, 3.63) is 29.6 Å². The third kappa shape index (κ3) is 1.76. The molecule has 0 aliphatic carbocycles. The van der Waals surface area contributed by atoms with Gasteiger partial charge in [0.05, 0.1) is 17.5 Å². The van der Waals surface area contributed by atoms with Crippen LogP contribution in [-0.2, 0) is 0 Å². The number of pyridine rings is 1. The van der Waals surface area contributed by atoms with E-state index in [1.807, 2.05) is 6.07 Å². The normalized spacial score (nSPS) is 9.73. The smallest absolute Gasteiger partial charge is 0.101 e. The van der Waals surface area contributed by atoms with Gasteiger partial charge in [-0.3, -0.25) is 4.98 Å². The van der Waals surface area contributed by atoms with Gasteiger partial charge in [0, 0.05) is 6.20 Å². The zero-order valence-electron chi connectivity index (χ0n) is 5.60. The summed E-state index contributed by atoms with van der Waals surface area (Å²) in [6, 6.07) is 5.12. The summed E-state index contributed by atoms with van der Waals surface area (Å²) in [5.74, 6) is 0. The van der Waals surface area contributed by atoms with E-state index in [9.17, 15) is 0 Å². The molecule has 0 aliphatic rings. The number of nitrogens with zero attached hydrogens (tertiary/aromatic N) is 3. The molecule has 1 heterocycles. The highest BCUT2D eigenvalue weighted by molar-refractivity contribution is 5.76. The first-order chi connectivity index (χ1) is 5.36. The Kier molecular flexibility index (Phi) is 2.18. The zero-order chi connectivity index (χ0) is 8.10. The molecule has 4 heteroatoms. The number of nitriles is 1. The minimum Gasteiger partial charge on any atom is -0.411 e. The van der Waals surface area contributed by atoms with Crippen molar-refractivity contribution in [1.82, 2.24) is 4.98 Å². The summed E-state index contributed by atoms with van der Waals surface area (Å²) < 4.78 is 0. The average Bonchev–Trinajstić information content (AvgIpc) is 2.07. The van der Waals surface area contributed by atoms with Crippen LogP contribution in [0, 0.1) is 11.3 Å². The van der Waals surface area contributed by atoms with E-state index in [1.165, 1.54) is 12.4 Å². The minimum absolute atomic E-state index is 0.486. The Morgan fingerprint density at radius 3 is 2.91 bits per heavy atom. The van der Waals surface area contributed by atoms with Crippen molar-refractivity contribution >= 4 is 6.21 Å². The fraction of sp³-hybridized carbons (Fsp3) is 0. The van der Waals surface area contributed by atoms with E-state index in [2.05, 4.69) is 10.1 Å². The van der Waals surface area contributed by atoms with Crippen LogP contribution in [0.4, 0.5) is 0 Å². The van der Waals surface area contributed by atoms with Crippen LogP contribution in [0.5, 0.6) is 0 Å². The molecule has 4 nitrogen and oxygen atoms in total. The van der Waals surface area contributed by atoms with Gasteiger partial charge in [-0.2, -0.15) is 5.26 Å². The van der Waals surface area contributed by atoms with Gasteiger partial charge in [-0.25, -0.2) is 0 Å². The second kappa shape index (κ2) is 3.32. The molecular formula is C7H5N3O. The summed E-state index contributed by atoms with van der Waals surface area (Å²) in [4.78, 5) is 3.81. The molecular weight excluding hydrogens is 142 g/mol. The topological polar surface area (TPSA) is 69.3 Å². The van der Waals surface area contributed by atoms with E-state index in [0.717, 1.165) is 0 Å². The SMILES string of the molecule is N#Cc1ccc(C=NO)nc1. The van der Waals surface area contributed by atoms with Crippen molar-refractivity contribution < 1.29 is 5.21 Å². The van der Waals surface area contributed by atoms with Gasteiger partial charge in [0.25, 0.3) is 0 Å². The lowest BCUT2D eigenvalue weighted by molar-refractivity contribution is 0.321. The molecule has 1 aromatic heterocycles. The van der Waals surface area contributed by atoms with Crippen LogP contribution in [0.15, 0.2) is 23.5 Å². The number of oxime groups is 1. The average molecular weight is 147 g/mol. The summed E-state index contributed by atoms with van der Waals surface area (Å²) in [5, 5.41) is 19.3. The molecule has 0 radical (unpaired) electrons. The van der Waals surface area contributed by atoms with Crippen LogP contribution in [0.2, 0.25) is 0 Å². The first kappa shape index (κ1) is 7.22. The molecule has 0 fully saturated rings. The standard InChI is InChI=1S/C7H5N3O/c8-3-6-1-2-7(5-10-11)9-4-6/h1-2,4-5,11H. The maximum atomic E-state index is 8.39. The Bertz CT molecular complexity index is 296. The lowest BCUT2D eigenvalue weighted by Gasteiger charge is -1.88. The summed E-state index contributed by atoms with van der Waals surface area (Å²) in [5.41, 5.74) is 1.01. The van der Waals surface area contributed by atoms with Gasteiger partial charge < -0.3 is 5.21 Å². The van der Waals surface area contributed by atoms with Gasteiger partial charge >= 0.3 is 0 Å². The Morgan fingerprint density at radius 1 is 1.64 bits per heavy atom. The van der Waals surface area contributed by atoms with Crippen molar-refractivity contribution in [3.8, 4) is 6.07 Å². The third-order valence-electron chi connectivity index (χ3n) is 1.11. The van der Waals surface area contributed by atoms with Gasteiger partial charge in [0.15, 0.2) is 0 Å². The summed E-state index contributed by atoms with van der Waals surface area (Å²) in [6.45, 7) is 0. The van der Waals surface area contributed by atoms with E-state index in [4.69, 9.17) is 10.5 Å². The largest absolute Gasteiger partial charge is 0.411 e. The summed E-state index contributed by atoms with van der Waals surface area (Å²) >= 11 is 0. The Labute approximate surface area is 63.4 Å². The molecule has 0 saturated carbocycles. The first-order valence-electron chi connectivity index (χ1n) is 2.90. The van der Waals surface area contributed by atoms with Crippen molar-refractivity contribution in [2.75, 3.05) is 0 Å². The molecule has 1 rings (SSSR count). The van der Waals surface area contributed by atoms with Crippen LogP contribution in [0.1, 0.15) is 11.3 Å². The van der Waals surface area contributed by atoms with E-state index in [0.29, 0.717) is 11.3 Å². The second-order valence-corrected chi connectivity index (χ2v) is 1.83. The predicted molar refractivity (Wildman–Crippen MR) is 38.3 cm³/mol. The number of aromatic nitrogens is 1. The Balaban J connectivity index is 2.94. The maximum absolute atomic E-state index is 8.39. The number of hydrogen-bond acceptors (Lipinski definition) is 4. The highest BCUT2D eigenvalue weighted by Gasteiger charge is 1.90. The van der Waals surface area contributed by atoms with Gasteiger partial charge in [-0.15, -0.1) is 0 Å². The molecule has 54 valence electrons. The van der Waals surface area contributed by atoms with Gasteiger partial charge in [0.2, 0.25) is 0 Å². The van der Waals surface area contributed by atoms with E-state index >= 15 is 0 Å². The first-order valence-corrected chi connectivity index (χ1v) is 2.90. The van der Waals surface area contributed by atoms with Crippen molar-refractivity contribution in [3.63, 3.8) is 0 Å². The lowest BCUT2D eigenvalue weighted by Crippen LogP contribution is -1.86.